The molecule has 0 spiro atoms. The highest BCUT2D eigenvalue weighted by Crippen LogP contribution is 2.22. The first-order valence-corrected chi connectivity index (χ1v) is 7.84. The SMILES string of the molecule is O=C(O)CCSCCCO[C@H]1OC(CO)[C@H](O)C(O)C1O. The van der Waals surface area contributed by atoms with Crippen LogP contribution in [-0.2, 0) is 14.3 Å². The number of carboxylic acid groups (broad SMARTS) is 1. The molecule has 1 saturated heterocycles. The third-order valence-electron chi connectivity index (χ3n) is 3.02. The van der Waals surface area contributed by atoms with Crippen LogP contribution in [0.4, 0.5) is 0 Å². The third-order valence-corrected chi connectivity index (χ3v) is 4.09. The van der Waals surface area contributed by atoms with E-state index in [2.05, 4.69) is 0 Å². The highest BCUT2D eigenvalue weighted by Gasteiger charge is 2.43. The van der Waals surface area contributed by atoms with Crippen molar-refractivity contribution in [2.75, 3.05) is 24.7 Å². The third kappa shape index (κ3) is 6.07. The lowest BCUT2D eigenvalue weighted by Gasteiger charge is -2.39. The maximum Gasteiger partial charge on any atom is 0.304 e. The second-order valence-corrected chi connectivity index (χ2v) is 5.90. The van der Waals surface area contributed by atoms with Crippen LogP contribution in [0, 0.1) is 0 Å². The molecular formula is C12H22O8S. The Morgan fingerprint density at radius 1 is 1.14 bits per heavy atom. The fraction of sp³-hybridized carbons (Fsp3) is 0.917. The average Bonchev–Trinajstić information content (AvgIpc) is 2.45. The lowest BCUT2D eigenvalue weighted by Crippen LogP contribution is -2.59. The minimum absolute atomic E-state index is 0.109. The van der Waals surface area contributed by atoms with Gasteiger partial charge in [-0.2, -0.15) is 11.8 Å². The van der Waals surface area contributed by atoms with Gasteiger partial charge in [-0.25, -0.2) is 0 Å². The number of ether oxygens (including phenoxy) is 2. The average molecular weight is 326 g/mol. The summed E-state index contributed by atoms with van der Waals surface area (Å²) in [7, 11) is 0. The molecule has 9 heteroatoms. The standard InChI is InChI=1S/C12H22O8S/c13-6-7-9(16)10(17)11(18)12(20-7)19-3-1-4-21-5-2-8(14)15/h7,9-13,16-18H,1-6H2,(H,14,15)/t7?,9-,10?,11?,12-/m0/s1. The van der Waals surface area contributed by atoms with Crippen molar-refractivity contribution >= 4 is 17.7 Å². The molecule has 8 nitrogen and oxygen atoms in total. The Bertz CT molecular complexity index is 314. The Hall–Kier alpha value is -0.420. The van der Waals surface area contributed by atoms with Crippen molar-refractivity contribution in [3.63, 3.8) is 0 Å². The van der Waals surface area contributed by atoms with Crippen molar-refractivity contribution < 1.29 is 39.8 Å². The van der Waals surface area contributed by atoms with Crippen LogP contribution in [0.2, 0.25) is 0 Å². The van der Waals surface area contributed by atoms with Gasteiger partial charge in [-0.05, 0) is 12.2 Å². The molecule has 1 aliphatic rings. The zero-order valence-corrected chi connectivity index (χ0v) is 12.3. The predicted octanol–water partition coefficient (Wildman–Crippen LogP) is -1.60. The summed E-state index contributed by atoms with van der Waals surface area (Å²) in [4.78, 5) is 10.3. The first-order valence-electron chi connectivity index (χ1n) is 6.69. The van der Waals surface area contributed by atoms with Crippen LogP contribution in [-0.4, -0.2) is 86.9 Å². The lowest BCUT2D eigenvalue weighted by molar-refractivity contribution is -0.300. The Morgan fingerprint density at radius 3 is 2.48 bits per heavy atom. The van der Waals surface area contributed by atoms with E-state index in [0.29, 0.717) is 17.9 Å². The monoisotopic (exact) mass is 326 g/mol. The Labute approximate surface area is 126 Å². The first-order chi connectivity index (χ1) is 9.97. The van der Waals surface area contributed by atoms with Gasteiger partial charge in [-0.3, -0.25) is 4.79 Å². The molecule has 1 fully saturated rings. The van der Waals surface area contributed by atoms with Gasteiger partial charge in [-0.1, -0.05) is 0 Å². The number of aliphatic hydroxyl groups is 4. The Kier molecular flexibility index (Phi) is 8.49. The molecular weight excluding hydrogens is 304 g/mol. The molecule has 0 aliphatic carbocycles. The van der Waals surface area contributed by atoms with E-state index in [4.69, 9.17) is 19.7 Å². The minimum Gasteiger partial charge on any atom is -0.481 e. The molecule has 0 bridgehead atoms. The summed E-state index contributed by atoms with van der Waals surface area (Å²) in [6.07, 6.45) is -5.56. The molecule has 21 heavy (non-hydrogen) atoms. The van der Waals surface area contributed by atoms with Crippen LogP contribution in [0.1, 0.15) is 12.8 Å². The van der Waals surface area contributed by atoms with Crippen molar-refractivity contribution in [3.8, 4) is 0 Å². The van der Waals surface area contributed by atoms with E-state index in [1.165, 1.54) is 11.8 Å². The van der Waals surface area contributed by atoms with Gasteiger partial charge in [0.2, 0.25) is 0 Å². The number of thioether (sulfide) groups is 1. The molecule has 1 aliphatic heterocycles. The molecule has 1 heterocycles. The van der Waals surface area contributed by atoms with Crippen molar-refractivity contribution in [1.29, 1.82) is 0 Å². The predicted molar refractivity (Wildman–Crippen MR) is 73.9 cm³/mol. The van der Waals surface area contributed by atoms with E-state index in [9.17, 15) is 20.1 Å². The highest BCUT2D eigenvalue weighted by molar-refractivity contribution is 7.99. The van der Waals surface area contributed by atoms with Crippen molar-refractivity contribution in [2.45, 2.75) is 43.5 Å². The quantitative estimate of drug-likeness (QED) is 0.317. The first kappa shape index (κ1) is 18.6. The molecule has 0 radical (unpaired) electrons. The van der Waals surface area contributed by atoms with Crippen LogP contribution in [0.15, 0.2) is 0 Å². The van der Waals surface area contributed by atoms with Crippen molar-refractivity contribution in [2.24, 2.45) is 0 Å². The van der Waals surface area contributed by atoms with E-state index >= 15 is 0 Å². The molecule has 0 aromatic carbocycles. The maximum atomic E-state index is 10.3. The van der Waals surface area contributed by atoms with Crippen LogP contribution in [0.5, 0.6) is 0 Å². The molecule has 0 saturated carbocycles. The second-order valence-electron chi connectivity index (χ2n) is 4.68. The molecule has 0 aromatic rings. The van der Waals surface area contributed by atoms with Gasteiger partial charge in [0.15, 0.2) is 6.29 Å². The van der Waals surface area contributed by atoms with Gasteiger partial charge in [0, 0.05) is 5.75 Å². The molecule has 5 atom stereocenters. The van der Waals surface area contributed by atoms with Gasteiger partial charge in [-0.15, -0.1) is 0 Å². The summed E-state index contributed by atoms with van der Waals surface area (Å²) in [6, 6.07) is 0. The van der Waals surface area contributed by atoms with Crippen LogP contribution < -0.4 is 0 Å². The normalized spacial score (nSPS) is 33.0. The molecule has 124 valence electrons. The summed E-state index contributed by atoms with van der Waals surface area (Å²) in [5, 5.41) is 46.3. The van der Waals surface area contributed by atoms with Gasteiger partial charge < -0.3 is 35.0 Å². The number of aliphatic carboxylic acids is 1. The molecule has 3 unspecified atom stereocenters. The summed E-state index contributed by atoms with van der Waals surface area (Å²) in [5.74, 6) is 0.389. The van der Waals surface area contributed by atoms with Crippen LogP contribution >= 0.6 is 11.8 Å². The number of rotatable bonds is 9. The number of hydrogen-bond donors (Lipinski definition) is 5. The minimum atomic E-state index is -1.44. The zero-order chi connectivity index (χ0) is 15.8. The molecule has 0 amide bonds. The van der Waals surface area contributed by atoms with Gasteiger partial charge in [0.1, 0.15) is 24.4 Å². The smallest absolute Gasteiger partial charge is 0.304 e. The summed E-state index contributed by atoms with van der Waals surface area (Å²) >= 11 is 1.48. The topological polar surface area (TPSA) is 137 Å². The number of hydrogen-bond acceptors (Lipinski definition) is 8. The van der Waals surface area contributed by atoms with Crippen LogP contribution in [0.25, 0.3) is 0 Å². The second kappa shape index (κ2) is 9.57. The zero-order valence-electron chi connectivity index (χ0n) is 11.5. The molecule has 0 aromatic heterocycles. The molecule has 1 rings (SSSR count). The summed E-state index contributed by atoms with van der Waals surface area (Å²) < 4.78 is 10.5. The van der Waals surface area contributed by atoms with Crippen molar-refractivity contribution in [3.05, 3.63) is 0 Å². The number of carboxylic acids is 1. The van der Waals surface area contributed by atoms with E-state index in [0.717, 1.165) is 0 Å². The van der Waals surface area contributed by atoms with Crippen LogP contribution in [0.3, 0.4) is 0 Å². The fourth-order valence-electron chi connectivity index (χ4n) is 1.83. The number of carbonyl (C=O) groups is 1. The van der Waals surface area contributed by atoms with E-state index in [-0.39, 0.29) is 13.0 Å². The van der Waals surface area contributed by atoms with Gasteiger partial charge in [0.25, 0.3) is 0 Å². The Morgan fingerprint density at radius 2 is 1.86 bits per heavy atom. The maximum absolute atomic E-state index is 10.3. The molecule has 5 N–H and O–H groups in total. The van der Waals surface area contributed by atoms with Gasteiger partial charge in [0.05, 0.1) is 19.6 Å². The Balaban J connectivity index is 2.20. The largest absolute Gasteiger partial charge is 0.481 e. The summed E-state index contributed by atoms with van der Waals surface area (Å²) in [5.41, 5.74) is 0. The van der Waals surface area contributed by atoms with E-state index < -0.39 is 43.3 Å². The fourth-order valence-corrected chi connectivity index (χ4v) is 2.67. The van der Waals surface area contributed by atoms with Crippen molar-refractivity contribution in [1.82, 2.24) is 0 Å². The lowest BCUT2D eigenvalue weighted by atomic mass is 9.99. The number of aliphatic hydroxyl groups excluding tert-OH is 4. The van der Waals surface area contributed by atoms with E-state index in [1.54, 1.807) is 0 Å². The van der Waals surface area contributed by atoms with E-state index in [1.807, 2.05) is 0 Å². The van der Waals surface area contributed by atoms with Gasteiger partial charge >= 0.3 is 5.97 Å². The summed E-state index contributed by atoms with van der Waals surface area (Å²) in [6.45, 7) is -0.237. The highest BCUT2D eigenvalue weighted by atomic mass is 32.2.